The quantitative estimate of drug-likeness (QED) is 0.737. The van der Waals surface area contributed by atoms with Crippen molar-refractivity contribution in [1.29, 1.82) is 0 Å². The Morgan fingerprint density at radius 1 is 1.15 bits per heavy atom. The molecule has 0 bridgehead atoms. The molecule has 1 aliphatic rings. The summed E-state index contributed by atoms with van der Waals surface area (Å²) < 4.78 is 1.84. The van der Waals surface area contributed by atoms with E-state index in [0.717, 1.165) is 43.4 Å². The molecule has 0 unspecified atom stereocenters. The van der Waals surface area contributed by atoms with Gasteiger partial charge < -0.3 is 5.32 Å². The van der Waals surface area contributed by atoms with E-state index in [9.17, 15) is 0 Å². The highest BCUT2D eigenvalue weighted by Gasteiger charge is 2.29. The van der Waals surface area contributed by atoms with Gasteiger partial charge in [0, 0.05) is 19.3 Å². The minimum Gasteiger partial charge on any atom is -0.370 e. The molecule has 7 heteroatoms. The van der Waals surface area contributed by atoms with Gasteiger partial charge in [-0.2, -0.15) is 4.68 Å². The van der Waals surface area contributed by atoms with Crippen LogP contribution in [0, 0.1) is 5.92 Å². The van der Waals surface area contributed by atoms with E-state index in [2.05, 4.69) is 37.6 Å². The molecule has 1 aliphatic heterocycles. The first-order valence-electron chi connectivity index (χ1n) is 9.04. The monoisotopic (exact) mass is 349 g/mol. The maximum absolute atomic E-state index is 4.33. The third kappa shape index (κ3) is 3.57. The number of rotatable bonds is 6. The number of hydrogen-bond acceptors (Lipinski definition) is 6. The summed E-state index contributed by atoms with van der Waals surface area (Å²) in [6.07, 6.45) is 2.98. The van der Waals surface area contributed by atoms with Crippen LogP contribution < -0.4 is 5.32 Å². The zero-order valence-corrected chi connectivity index (χ0v) is 14.9. The number of pyridine rings is 1. The Kier molecular flexibility index (Phi) is 4.88. The Balaban J connectivity index is 1.39. The van der Waals surface area contributed by atoms with E-state index in [1.54, 1.807) is 0 Å². The maximum Gasteiger partial charge on any atom is 0.173 e. The Morgan fingerprint density at radius 3 is 2.81 bits per heavy atom. The molecule has 2 aromatic heterocycles. The molecular weight excluding hydrogens is 326 g/mol. The molecule has 0 radical (unpaired) electrons. The SMILES string of the molecule is C[C@H](c1nnnn1-c1ccccc1)N1CC[C@@H](CNc2ccccn2)C1. The molecule has 1 aromatic carbocycles. The summed E-state index contributed by atoms with van der Waals surface area (Å²) in [6, 6.07) is 16.2. The lowest BCUT2D eigenvalue weighted by Crippen LogP contribution is -2.28. The van der Waals surface area contributed by atoms with Crippen LogP contribution in [0.1, 0.15) is 25.2 Å². The van der Waals surface area contributed by atoms with E-state index in [4.69, 9.17) is 0 Å². The lowest BCUT2D eigenvalue weighted by atomic mass is 10.1. The number of nitrogens with zero attached hydrogens (tertiary/aromatic N) is 6. The molecule has 26 heavy (non-hydrogen) atoms. The van der Waals surface area contributed by atoms with Gasteiger partial charge in [0.05, 0.1) is 11.7 Å². The van der Waals surface area contributed by atoms with Gasteiger partial charge in [-0.3, -0.25) is 4.90 Å². The summed E-state index contributed by atoms with van der Waals surface area (Å²) >= 11 is 0. The van der Waals surface area contributed by atoms with Crippen LogP contribution in [0.2, 0.25) is 0 Å². The average molecular weight is 349 g/mol. The van der Waals surface area contributed by atoms with Crippen molar-refractivity contribution >= 4 is 5.82 Å². The Hall–Kier alpha value is -2.80. The van der Waals surface area contributed by atoms with E-state index in [1.165, 1.54) is 0 Å². The predicted molar refractivity (Wildman–Crippen MR) is 100.0 cm³/mol. The minimum absolute atomic E-state index is 0.171. The maximum atomic E-state index is 4.33. The molecule has 1 fully saturated rings. The molecule has 7 nitrogen and oxygen atoms in total. The van der Waals surface area contributed by atoms with Crippen LogP contribution in [0.5, 0.6) is 0 Å². The zero-order chi connectivity index (χ0) is 17.8. The second-order valence-electron chi connectivity index (χ2n) is 6.71. The Morgan fingerprint density at radius 2 is 2.00 bits per heavy atom. The van der Waals surface area contributed by atoms with Crippen molar-refractivity contribution < 1.29 is 0 Å². The first kappa shape index (κ1) is 16.7. The number of benzene rings is 1. The Labute approximate surface area is 153 Å². The van der Waals surface area contributed by atoms with E-state index in [1.807, 2.05) is 59.4 Å². The number of para-hydroxylation sites is 1. The molecule has 0 amide bonds. The van der Waals surface area contributed by atoms with Crippen LogP contribution in [0.15, 0.2) is 54.7 Å². The van der Waals surface area contributed by atoms with Crippen LogP contribution >= 0.6 is 0 Å². The molecule has 3 aromatic rings. The Bertz CT molecular complexity index is 818. The van der Waals surface area contributed by atoms with E-state index < -0.39 is 0 Å². The topological polar surface area (TPSA) is 71.8 Å². The highest BCUT2D eigenvalue weighted by molar-refractivity contribution is 5.33. The molecule has 134 valence electrons. The highest BCUT2D eigenvalue weighted by atomic mass is 15.6. The number of nitrogens with one attached hydrogen (secondary N) is 1. The van der Waals surface area contributed by atoms with Crippen molar-refractivity contribution in [3.63, 3.8) is 0 Å². The largest absolute Gasteiger partial charge is 0.370 e. The second-order valence-corrected chi connectivity index (χ2v) is 6.71. The van der Waals surface area contributed by atoms with E-state index in [0.29, 0.717) is 5.92 Å². The van der Waals surface area contributed by atoms with Crippen molar-refractivity contribution in [2.45, 2.75) is 19.4 Å². The molecule has 1 N–H and O–H groups in total. The number of hydrogen-bond donors (Lipinski definition) is 1. The molecule has 2 atom stereocenters. The van der Waals surface area contributed by atoms with Crippen molar-refractivity contribution in [1.82, 2.24) is 30.1 Å². The molecule has 4 rings (SSSR count). The number of likely N-dealkylation sites (tertiary alicyclic amines) is 1. The first-order valence-corrected chi connectivity index (χ1v) is 9.04. The third-order valence-corrected chi connectivity index (χ3v) is 4.97. The predicted octanol–water partition coefficient (Wildman–Crippen LogP) is 2.55. The van der Waals surface area contributed by atoms with Crippen molar-refractivity contribution in [3.8, 4) is 5.69 Å². The second kappa shape index (κ2) is 7.61. The average Bonchev–Trinajstić information content (AvgIpc) is 3.37. The van der Waals surface area contributed by atoms with Crippen LogP contribution in [0.4, 0.5) is 5.82 Å². The lowest BCUT2D eigenvalue weighted by Gasteiger charge is -2.23. The highest BCUT2D eigenvalue weighted by Crippen LogP contribution is 2.27. The van der Waals surface area contributed by atoms with E-state index in [-0.39, 0.29) is 6.04 Å². The van der Waals surface area contributed by atoms with Crippen LogP contribution in [-0.4, -0.2) is 49.7 Å². The van der Waals surface area contributed by atoms with Gasteiger partial charge >= 0.3 is 0 Å². The first-order chi connectivity index (χ1) is 12.8. The van der Waals surface area contributed by atoms with Gasteiger partial charge in [0.1, 0.15) is 5.82 Å². The van der Waals surface area contributed by atoms with Gasteiger partial charge in [0.25, 0.3) is 0 Å². The molecule has 1 saturated heterocycles. The fourth-order valence-electron chi connectivity index (χ4n) is 3.47. The van der Waals surface area contributed by atoms with Crippen molar-refractivity contribution in [3.05, 3.63) is 60.6 Å². The molecular formula is C19H23N7. The van der Waals surface area contributed by atoms with E-state index >= 15 is 0 Å². The number of tetrazole rings is 1. The van der Waals surface area contributed by atoms with Gasteiger partial charge in [-0.25, -0.2) is 4.98 Å². The fourth-order valence-corrected chi connectivity index (χ4v) is 3.47. The van der Waals surface area contributed by atoms with Crippen molar-refractivity contribution in [2.24, 2.45) is 5.92 Å². The summed E-state index contributed by atoms with van der Waals surface area (Å²) in [4.78, 5) is 6.78. The molecule has 0 spiro atoms. The number of aromatic nitrogens is 5. The fraction of sp³-hybridized carbons (Fsp3) is 0.368. The number of anilines is 1. The summed E-state index contributed by atoms with van der Waals surface area (Å²) in [7, 11) is 0. The van der Waals surface area contributed by atoms with Gasteiger partial charge in [0.15, 0.2) is 5.82 Å². The molecule has 3 heterocycles. The van der Waals surface area contributed by atoms with Crippen LogP contribution in [-0.2, 0) is 0 Å². The minimum atomic E-state index is 0.171. The summed E-state index contributed by atoms with van der Waals surface area (Å²) in [5, 5.41) is 15.8. The summed E-state index contributed by atoms with van der Waals surface area (Å²) in [6.45, 7) is 5.20. The van der Waals surface area contributed by atoms with Crippen LogP contribution in [0.3, 0.4) is 0 Å². The van der Waals surface area contributed by atoms with Gasteiger partial charge in [-0.1, -0.05) is 24.3 Å². The summed E-state index contributed by atoms with van der Waals surface area (Å²) in [5.74, 6) is 2.42. The third-order valence-electron chi connectivity index (χ3n) is 4.97. The molecule has 0 aliphatic carbocycles. The van der Waals surface area contributed by atoms with Gasteiger partial charge in [-0.15, -0.1) is 5.10 Å². The molecule has 0 saturated carbocycles. The standard InChI is InChI=1S/C19H23N7/c1-15(19-22-23-24-26(19)17-7-3-2-4-8-17)25-12-10-16(14-25)13-21-18-9-5-6-11-20-18/h2-9,11,15-16H,10,12-14H2,1H3,(H,20,21)/t15-,16+/m1/s1. The van der Waals surface area contributed by atoms with Crippen molar-refractivity contribution in [2.75, 3.05) is 25.0 Å². The smallest absolute Gasteiger partial charge is 0.173 e. The van der Waals surface area contributed by atoms with Gasteiger partial charge in [-0.05, 0) is 60.5 Å². The van der Waals surface area contributed by atoms with Gasteiger partial charge in [0.2, 0.25) is 0 Å². The normalized spacial score (nSPS) is 18.7. The summed E-state index contributed by atoms with van der Waals surface area (Å²) in [5.41, 5.74) is 0.993. The zero-order valence-electron chi connectivity index (χ0n) is 14.9. The van der Waals surface area contributed by atoms with Crippen LogP contribution in [0.25, 0.3) is 5.69 Å². The lowest BCUT2D eigenvalue weighted by molar-refractivity contribution is 0.242.